The Kier molecular flexibility index (Phi) is 11.1. The van der Waals surface area contributed by atoms with Crippen LogP contribution in [-0.4, -0.2) is 19.1 Å². The van der Waals surface area contributed by atoms with Crippen LogP contribution in [0.15, 0.2) is 23.9 Å². The number of piperidine rings is 1. The molecule has 3 rings (SSSR count). The molecule has 3 aliphatic rings. The zero-order chi connectivity index (χ0) is 17.9. The number of hydrogen-bond acceptors (Lipinski definition) is 0. The summed E-state index contributed by atoms with van der Waals surface area (Å²) in [6, 6.07) is 0.637. The van der Waals surface area contributed by atoms with E-state index in [2.05, 4.69) is 25.2 Å². The third kappa shape index (κ3) is 8.36. The number of halogens is 2. The molecule has 2 nitrogen and oxygen atoms in total. The van der Waals surface area contributed by atoms with Gasteiger partial charge < -0.3 is 10.6 Å². The van der Waals surface area contributed by atoms with E-state index in [1.807, 2.05) is 0 Å². The maximum atomic E-state index is 4.91. The molecule has 1 saturated carbocycles. The van der Waals surface area contributed by atoms with Crippen molar-refractivity contribution >= 4 is 19.1 Å². The fraction of sp³-hybridized carbons (Fsp3) is 0.800. The summed E-state index contributed by atoms with van der Waals surface area (Å²) in [6.07, 6.45) is 18.8. The molecule has 0 amide bonds. The second-order valence-corrected chi connectivity index (χ2v) is 10.1. The first-order valence-electron chi connectivity index (χ1n) is 9.75. The van der Waals surface area contributed by atoms with Gasteiger partial charge in [0.05, 0.1) is 0 Å². The number of nitrogens with zero attached hydrogens (tertiary/aromatic N) is 2. The zero-order valence-electron chi connectivity index (χ0n) is 15.3. The van der Waals surface area contributed by atoms with Crippen LogP contribution in [0.25, 0.3) is 10.6 Å². The molecule has 0 radical (unpaired) electrons. The molecule has 2 heterocycles. The summed E-state index contributed by atoms with van der Waals surface area (Å²) >= 11 is -0.106. The average molecular weight is 478 g/mol. The molecule has 0 aromatic rings. The minimum atomic E-state index is -0.106. The second-order valence-electron chi connectivity index (χ2n) is 7.75. The van der Waals surface area contributed by atoms with E-state index >= 15 is 0 Å². The molecular weight excluding hydrogens is 446 g/mol. The fourth-order valence-electron chi connectivity index (χ4n) is 4.46. The summed E-state index contributed by atoms with van der Waals surface area (Å²) in [6.45, 7) is 4.41. The van der Waals surface area contributed by atoms with E-state index in [1.54, 1.807) is 0 Å². The SMILES string of the molecule is CC1CCC(C(CC2=CC=CC[N-]2)CC2CCCC[N-]2)CC1.[Cl][Pd][Cl]. The molecular formula is C20H32Cl2N2Pd-2. The van der Waals surface area contributed by atoms with Gasteiger partial charge in [0.1, 0.15) is 0 Å². The van der Waals surface area contributed by atoms with Crippen LogP contribution in [0.3, 0.4) is 0 Å². The van der Waals surface area contributed by atoms with E-state index in [9.17, 15) is 0 Å². The Balaban J connectivity index is 0.000000701. The van der Waals surface area contributed by atoms with Gasteiger partial charge in [0.25, 0.3) is 0 Å². The van der Waals surface area contributed by atoms with Gasteiger partial charge in [0, 0.05) is 0 Å². The van der Waals surface area contributed by atoms with Crippen LogP contribution >= 0.6 is 19.1 Å². The van der Waals surface area contributed by atoms with Crippen molar-refractivity contribution in [3.8, 4) is 0 Å². The minimum absolute atomic E-state index is 0.106. The molecule has 1 saturated heterocycles. The molecule has 0 N–H and O–H groups in total. The summed E-state index contributed by atoms with van der Waals surface area (Å²) in [5, 5.41) is 9.62. The monoisotopic (exact) mass is 476 g/mol. The Morgan fingerprint density at radius 2 is 1.92 bits per heavy atom. The summed E-state index contributed by atoms with van der Waals surface area (Å²) < 4.78 is 0. The van der Waals surface area contributed by atoms with Crippen molar-refractivity contribution in [3.05, 3.63) is 34.6 Å². The van der Waals surface area contributed by atoms with Crippen LogP contribution in [0.4, 0.5) is 0 Å². The molecule has 0 bridgehead atoms. The van der Waals surface area contributed by atoms with Gasteiger partial charge in [-0.05, 0) is 37.0 Å². The predicted octanol–water partition coefficient (Wildman–Crippen LogP) is 7.34. The molecule has 2 atom stereocenters. The van der Waals surface area contributed by atoms with Crippen molar-refractivity contribution in [1.82, 2.24) is 0 Å². The van der Waals surface area contributed by atoms with E-state index in [0.29, 0.717) is 6.04 Å². The zero-order valence-corrected chi connectivity index (χ0v) is 18.4. The quantitative estimate of drug-likeness (QED) is 0.371. The topological polar surface area (TPSA) is 28.2 Å². The van der Waals surface area contributed by atoms with Crippen molar-refractivity contribution in [1.29, 1.82) is 0 Å². The Labute approximate surface area is 170 Å². The van der Waals surface area contributed by atoms with Crippen LogP contribution in [0.2, 0.25) is 0 Å². The maximum absolute atomic E-state index is 4.91. The summed E-state index contributed by atoms with van der Waals surface area (Å²) in [5.74, 6) is 2.66. The third-order valence-electron chi connectivity index (χ3n) is 5.93. The Hall–Kier alpha value is 0.482. The van der Waals surface area contributed by atoms with E-state index in [0.717, 1.165) is 30.8 Å². The second kappa shape index (κ2) is 12.8. The van der Waals surface area contributed by atoms with Gasteiger partial charge in [-0.1, -0.05) is 57.6 Å². The molecule has 5 heteroatoms. The molecule has 2 aliphatic heterocycles. The van der Waals surface area contributed by atoms with Crippen LogP contribution < -0.4 is 0 Å². The molecule has 2 fully saturated rings. The summed E-state index contributed by atoms with van der Waals surface area (Å²) in [4.78, 5) is 0. The van der Waals surface area contributed by atoms with Crippen molar-refractivity contribution in [2.75, 3.05) is 13.1 Å². The van der Waals surface area contributed by atoms with Crippen LogP contribution in [0.1, 0.15) is 64.7 Å². The van der Waals surface area contributed by atoms with Gasteiger partial charge in [-0.3, -0.25) is 0 Å². The Morgan fingerprint density at radius 3 is 2.52 bits per heavy atom. The predicted molar refractivity (Wildman–Crippen MR) is 107 cm³/mol. The van der Waals surface area contributed by atoms with Gasteiger partial charge in [0.15, 0.2) is 0 Å². The first-order valence-corrected chi connectivity index (χ1v) is 13.8. The molecule has 0 aromatic heterocycles. The third-order valence-corrected chi connectivity index (χ3v) is 5.93. The standard InChI is InChI=1S/C20H32N2.2ClH.Pd/c1-16-8-10-17(11-9-16)18(14-19-6-2-4-12-21-19)15-20-7-3-5-13-22-20;;;/h2,4,6,16-18,20H,3,5,7-15H2,1H3;2*1H;/q-2;;;+2/p-2. The fourth-order valence-corrected chi connectivity index (χ4v) is 4.46. The van der Waals surface area contributed by atoms with Gasteiger partial charge in [0.2, 0.25) is 0 Å². The Morgan fingerprint density at radius 1 is 1.16 bits per heavy atom. The number of hydrogen-bond donors (Lipinski definition) is 0. The summed E-state index contributed by atoms with van der Waals surface area (Å²) in [5.41, 5.74) is 1.34. The molecule has 0 aromatic carbocycles. The average Bonchev–Trinajstić information content (AvgIpc) is 2.64. The van der Waals surface area contributed by atoms with E-state index in [4.69, 9.17) is 29.7 Å². The van der Waals surface area contributed by atoms with Crippen molar-refractivity contribution in [2.45, 2.75) is 70.8 Å². The van der Waals surface area contributed by atoms with E-state index in [1.165, 1.54) is 63.5 Å². The molecule has 0 spiro atoms. The van der Waals surface area contributed by atoms with Gasteiger partial charge in [-0.25, -0.2) is 0 Å². The van der Waals surface area contributed by atoms with Gasteiger partial charge in [-0.15, -0.1) is 25.2 Å². The molecule has 2 unspecified atom stereocenters. The van der Waals surface area contributed by atoms with E-state index < -0.39 is 0 Å². The van der Waals surface area contributed by atoms with Crippen molar-refractivity contribution in [3.63, 3.8) is 0 Å². The van der Waals surface area contributed by atoms with Crippen LogP contribution in [-0.2, 0) is 15.9 Å². The van der Waals surface area contributed by atoms with Crippen molar-refractivity contribution in [2.24, 2.45) is 17.8 Å². The first-order chi connectivity index (χ1) is 12.2. The summed E-state index contributed by atoms with van der Waals surface area (Å²) in [7, 11) is 9.63. The van der Waals surface area contributed by atoms with Gasteiger partial charge in [-0.2, -0.15) is 5.70 Å². The van der Waals surface area contributed by atoms with Crippen LogP contribution in [0, 0.1) is 17.8 Å². The molecule has 25 heavy (non-hydrogen) atoms. The number of rotatable bonds is 5. The number of allylic oxidation sites excluding steroid dienone is 3. The normalized spacial score (nSPS) is 30.7. The molecule has 148 valence electrons. The van der Waals surface area contributed by atoms with Gasteiger partial charge >= 0.3 is 35.0 Å². The van der Waals surface area contributed by atoms with Crippen molar-refractivity contribution < 1.29 is 15.9 Å². The van der Waals surface area contributed by atoms with E-state index in [-0.39, 0.29) is 15.9 Å². The van der Waals surface area contributed by atoms with Crippen LogP contribution in [0.5, 0.6) is 0 Å². The first kappa shape index (κ1) is 21.8. The Bertz CT molecular complexity index is 414. The molecule has 1 aliphatic carbocycles.